The highest BCUT2D eigenvalue weighted by Crippen LogP contribution is 2.27. The number of aryl methyl sites for hydroxylation is 3. The van der Waals surface area contributed by atoms with Gasteiger partial charge in [0.15, 0.2) is 11.2 Å². The molecule has 134 valence electrons. The summed E-state index contributed by atoms with van der Waals surface area (Å²) >= 11 is 0. The number of aromatic nitrogens is 2. The van der Waals surface area contributed by atoms with Crippen molar-refractivity contribution in [1.82, 2.24) is 9.97 Å². The molecule has 0 spiro atoms. The Morgan fingerprint density at radius 1 is 1.00 bits per heavy atom. The fourth-order valence-corrected chi connectivity index (χ4v) is 3.04. The van der Waals surface area contributed by atoms with Gasteiger partial charge in [-0.2, -0.15) is 4.98 Å². The number of benzene rings is 2. The van der Waals surface area contributed by atoms with Gasteiger partial charge in [-0.25, -0.2) is 4.98 Å². The van der Waals surface area contributed by atoms with E-state index in [1.165, 1.54) is 0 Å². The van der Waals surface area contributed by atoms with Crippen LogP contribution >= 0.6 is 0 Å². The highest BCUT2D eigenvalue weighted by atomic mass is 16.3. The molecule has 0 aliphatic heterocycles. The highest BCUT2D eigenvalue weighted by Gasteiger charge is 2.14. The van der Waals surface area contributed by atoms with Gasteiger partial charge >= 0.3 is 0 Å². The minimum atomic E-state index is -0.132. The first-order valence-electron chi connectivity index (χ1n) is 8.72. The number of nitrogens with zero attached hydrogens (tertiary/aromatic N) is 2. The van der Waals surface area contributed by atoms with Crippen molar-refractivity contribution in [2.45, 2.75) is 20.8 Å². The minimum Gasteiger partial charge on any atom is -0.434 e. The first-order valence-corrected chi connectivity index (χ1v) is 8.72. The Hall–Kier alpha value is -3.47. The first kappa shape index (κ1) is 17.0. The van der Waals surface area contributed by atoms with E-state index < -0.39 is 0 Å². The lowest BCUT2D eigenvalue weighted by Crippen LogP contribution is -2.14. The molecule has 0 radical (unpaired) electrons. The van der Waals surface area contributed by atoms with Crippen molar-refractivity contribution in [3.63, 3.8) is 0 Å². The fourth-order valence-electron chi connectivity index (χ4n) is 3.04. The van der Waals surface area contributed by atoms with Crippen LogP contribution in [0.5, 0.6) is 0 Å². The maximum Gasteiger partial charge on any atom is 0.255 e. The van der Waals surface area contributed by atoms with E-state index in [1.807, 2.05) is 69.3 Å². The Labute approximate surface area is 157 Å². The van der Waals surface area contributed by atoms with Crippen LogP contribution in [0, 0.1) is 20.8 Å². The zero-order valence-electron chi connectivity index (χ0n) is 15.4. The third-order valence-electron chi connectivity index (χ3n) is 4.52. The van der Waals surface area contributed by atoms with E-state index in [-0.39, 0.29) is 5.91 Å². The summed E-state index contributed by atoms with van der Waals surface area (Å²) in [5, 5.41) is 3.01. The number of carbonyl (C=O) groups is 1. The van der Waals surface area contributed by atoms with Crippen LogP contribution in [0.15, 0.2) is 59.1 Å². The Morgan fingerprint density at radius 2 is 1.85 bits per heavy atom. The van der Waals surface area contributed by atoms with Gasteiger partial charge in [0.25, 0.3) is 5.91 Å². The Bertz CT molecular complexity index is 1130. The number of oxazole rings is 1. The number of amides is 1. The van der Waals surface area contributed by atoms with Gasteiger partial charge in [0, 0.05) is 23.0 Å². The molecule has 0 bridgehead atoms. The molecular weight excluding hydrogens is 338 g/mol. The van der Waals surface area contributed by atoms with Gasteiger partial charge in [0.05, 0.1) is 0 Å². The third kappa shape index (κ3) is 3.31. The third-order valence-corrected chi connectivity index (χ3v) is 4.52. The molecule has 0 aliphatic rings. The second-order valence-corrected chi connectivity index (χ2v) is 6.65. The van der Waals surface area contributed by atoms with Gasteiger partial charge in [0.1, 0.15) is 0 Å². The van der Waals surface area contributed by atoms with Gasteiger partial charge in [-0.05, 0) is 62.2 Å². The smallest absolute Gasteiger partial charge is 0.255 e. The lowest BCUT2D eigenvalue weighted by atomic mass is 10.0. The van der Waals surface area contributed by atoms with Crippen molar-refractivity contribution in [2.24, 2.45) is 0 Å². The van der Waals surface area contributed by atoms with Crippen molar-refractivity contribution >= 4 is 22.8 Å². The minimum absolute atomic E-state index is 0.132. The van der Waals surface area contributed by atoms with Crippen molar-refractivity contribution in [1.29, 1.82) is 0 Å². The zero-order valence-corrected chi connectivity index (χ0v) is 15.4. The van der Waals surface area contributed by atoms with E-state index in [0.29, 0.717) is 22.7 Å². The summed E-state index contributed by atoms with van der Waals surface area (Å²) in [5.74, 6) is 0.345. The van der Waals surface area contributed by atoms with Crippen LogP contribution in [0.3, 0.4) is 0 Å². The molecule has 4 aromatic rings. The molecule has 27 heavy (non-hydrogen) atoms. The molecular formula is C22H19N3O2. The highest BCUT2D eigenvalue weighted by molar-refractivity contribution is 6.05. The number of hydrogen-bond donors (Lipinski definition) is 1. The SMILES string of the molecule is Cc1ccc(C(=O)Nc2cc(-c3nc4ncccc4o3)ccc2C)c(C)c1. The fraction of sp³-hybridized carbons (Fsp3) is 0.136. The van der Waals surface area contributed by atoms with Crippen molar-refractivity contribution in [3.05, 3.63) is 77.0 Å². The van der Waals surface area contributed by atoms with Gasteiger partial charge in [-0.15, -0.1) is 0 Å². The second-order valence-electron chi connectivity index (χ2n) is 6.65. The molecule has 4 rings (SSSR count). The van der Waals surface area contributed by atoms with E-state index >= 15 is 0 Å². The summed E-state index contributed by atoms with van der Waals surface area (Å²) in [4.78, 5) is 21.3. The van der Waals surface area contributed by atoms with Gasteiger partial charge in [-0.3, -0.25) is 4.79 Å². The molecule has 0 saturated heterocycles. The van der Waals surface area contributed by atoms with E-state index in [9.17, 15) is 4.79 Å². The molecule has 1 amide bonds. The van der Waals surface area contributed by atoms with E-state index in [4.69, 9.17) is 4.42 Å². The molecule has 5 heteroatoms. The van der Waals surface area contributed by atoms with Crippen LogP contribution in [0.4, 0.5) is 5.69 Å². The Morgan fingerprint density at radius 3 is 2.63 bits per heavy atom. The number of carbonyl (C=O) groups excluding carboxylic acids is 1. The average molecular weight is 357 g/mol. The monoisotopic (exact) mass is 357 g/mol. The molecule has 5 nitrogen and oxygen atoms in total. The lowest BCUT2D eigenvalue weighted by molar-refractivity contribution is 0.102. The standard InChI is InChI=1S/C22H19N3O2/c1-13-6-9-17(15(3)11-13)21(26)24-18-12-16(8-7-14(18)2)22-25-20-19(27-22)5-4-10-23-20/h4-12H,1-3H3,(H,24,26). The molecule has 2 aromatic carbocycles. The molecule has 2 aromatic heterocycles. The van der Waals surface area contributed by atoms with Gasteiger partial charge in [-0.1, -0.05) is 23.8 Å². The Kier molecular flexibility index (Phi) is 4.20. The van der Waals surface area contributed by atoms with Crippen molar-refractivity contribution in [2.75, 3.05) is 5.32 Å². The maximum atomic E-state index is 12.7. The van der Waals surface area contributed by atoms with Crippen molar-refractivity contribution in [3.8, 4) is 11.5 Å². The lowest BCUT2D eigenvalue weighted by Gasteiger charge is -2.11. The van der Waals surface area contributed by atoms with E-state index in [1.54, 1.807) is 6.20 Å². The second kappa shape index (κ2) is 6.68. The summed E-state index contributed by atoms with van der Waals surface area (Å²) in [7, 11) is 0. The van der Waals surface area contributed by atoms with Gasteiger partial charge < -0.3 is 9.73 Å². The van der Waals surface area contributed by atoms with Crippen LogP contribution < -0.4 is 5.32 Å². The number of hydrogen-bond acceptors (Lipinski definition) is 4. The molecule has 2 heterocycles. The summed E-state index contributed by atoms with van der Waals surface area (Å²) in [6.45, 7) is 5.91. The summed E-state index contributed by atoms with van der Waals surface area (Å²) < 4.78 is 5.78. The largest absolute Gasteiger partial charge is 0.434 e. The average Bonchev–Trinajstić information content (AvgIpc) is 3.07. The maximum absolute atomic E-state index is 12.7. The van der Waals surface area contributed by atoms with Crippen LogP contribution in [0.25, 0.3) is 22.7 Å². The number of anilines is 1. The molecule has 0 atom stereocenters. The Balaban J connectivity index is 1.67. The van der Waals surface area contributed by atoms with Crippen LogP contribution in [0.2, 0.25) is 0 Å². The van der Waals surface area contributed by atoms with Crippen LogP contribution in [-0.2, 0) is 0 Å². The molecule has 0 saturated carbocycles. The number of fused-ring (bicyclic) bond motifs is 1. The zero-order chi connectivity index (χ0) is 19.0. The van der Waals surface area contributed by atoms with Crippen LogP contribution in [0.1, 0.15) is 27.0 Å². The van der Waals surface area contributed by atoms with E-state index in [2.05, 4.69) is 15.3 Å². The normalized spacial score (nSPS) is 10.9. The predicted molar refractivity (Wildman–Crippen MR) is 106 cm³/mol. The molecule has 0 aliphatic carbocycles. The van der Waals surface area contributed by atoms with Gasteiger partial charge in [0.2, 0.25) is 5.89 Å². The quantitative estimate of drug-likeness (QED) is 0.556. The number of rotatable bonds is 3. The predicted octanol–water partition coefficient (Wildman–Crippen LogP) is 5.07. The van der Waals surface area contributed by atoms with Crippen LogP contribution in [-0.4, -0.2) is 15.9 Å². The number of pyridine rings is 1. The van der Waals surface area contributed by atoms with E-state index in [0.717, 1.165) is 27.9 Å². The summed E-state index contributed by atoms with van der Waals surface area (Å²) in [6, 6.07) is 15.2. The summed E-state index contributed by atoms with van der Waals surface area (Å²) in [5.41, 5.74) is 6.42. The van der Waals surface area contributed by atoms with Crippen molar-refractivity contribution < 1.29 is 9.21 Å². The topological polar surface area (TPSA) is 68.0 Å². The first-order chi connectivity index (χ1) is 13.0. The summed E-state index contributed by atoms with van der Waals surface area (Å²) in [6.07, 6.45) is 1.68. The molecule has 1 N–H and O–H groups in total. The number of nitrogens with one attached hydrogen (secondary N) is 1. The molecule has 0 fully saturated rings. The molecule has 0 unspecified atom stereocenters.